The van der Waals surface area contributed by atoms with Crippen LogP contribution in [0.5, 0.6) is 5.75 Å². The molecule has 0 aliphatic heterocycles. The van der Waals surface area contributed by atoms with Crippen LogP contribution in [0.1, 0.15) is 16.1 Å². The highest BCUT2D eigenvalue weighted by Crippen LogP contribution is 2.28. The fraction of sp³-hybridized carbons (Fsp3) is 0. The Morgan fingerprint density at radius 2 is 1.88 bits per heavy atom. The molecule has 33 heavy (non-hydrogen) atoms. The van der Waals surface area contributed by atoms with Gasteiger partial charge in [0.25, 0.3) is 11.6 Å². The topological polar surface area (TPSA) is 200 Å². The molecule has 0 saturated carbocycles. The molecule has 0 saturated heterocycles. The van der Waals surface area contributed by atoms with Gasteiger partial charge in [-0.3, -0.25) is 25.8 Å². The van der Waals surface area contributed by atoms with Gasteiger partial charge in [0.05, 0.1) is 10.6 Å². The van der Waals surface area contributed by atoms with E-state index in [1.54, 1.807) is 18.2 Å². The van der Waals surface area contributed by atoms with Gasteiger partial charge in [-0.05, 0) is 34.6 Å². The van der Waals surface area contributed by atoms with Crippen molar-refractivity contribution in [1.82, 2.24) is 36.2 Å². The molecule has 0 aliphatic carbocycles. The van der Waals surface area contributed by atoms with E-state index in [1.807, 2.05) is 0 Å². The van der Waals surface area contributed by atoms with E-state index in [0.717, 1.165) is 4.68 Å². The van der Waals surface area contributed by atoms with E-state index in [-0.39, 0.29) is 40.2 Å². The van der Waals surface area contributed by atoms with Crippen LogP contribution in [0.2, 0.25) is 0 Å². The Labute approximate surface area is 184 Å². The number of amides is 1. The highest BCUT2D eigenvalue weighted by Gasteiger charge is 2.25. The first kappa shape index (κ1) is 21.0. The number of hydrogen-bond donors (Lipinski definition) is 4. The number of phenolic OH excluding ortho intramolecular Hbond substituents is 1. The fourth-order valence-corrected chi connectivity index (χ4v) is 2.91. The summed E-state index contributed by atoms with van der Waals surface area (Å²) in [6.07, 6.45) is 0. The zero-order chi connectivity index (χ0) is 23.5. The van der Waals surface area contributed by atoms with Gasteiger partial charge in [-0.1, -0.05) is 23.9 Å². The first-order valence-corrected chi connectivity index (χ1v) is 9.19. The third-order valence-corrected chi connectivity index (χ3v) is 4.49. The number of phenols is 1. The number of benzene rings is 2. The Kier molecular flexibility index (Phi) is 5.38. The number of hydrogen-bond acceptors (Lipinski definition) is 11. The molecule has 0 aliphatic rings. The number of nitrogens with zero attached hydrogens (tertiary/aromatic N) is 6. The number of anilines is 1. The summed E-state index contributed by atoms with van der Waals surface area (Å²) in [6.45, 7) is 3.78. The monoisotopic (exact) mass is 449 g/mol. The smallest absolute Gasteiger partial charge is 0.292 e. The predicted octanol–water partition coefficient (Wildman–Crippen LogP) is 1.42. The van der Waals surface area contributed by atoms with Crippen molar-refractivity contribution in [2.75, 3.05) is 5.73 Å². The Bertz CT molecular complexity index is 1360. The number of nitrogens with two attached hydrogens (primary N) is 1. The minimum atomic E-state index is -0.721. The molecule has 1 amide bonds. The van der Waals surface area contributed by atoms with Gasteiger partial charge in [-0.2, -0.15) is 4.68 Å². The first-order chi connectivity index (χ1) is 15.9. The van der Waals surface area contributed by atoms with Crippen molar-refractivity contribution >= 4 is 23.1 Å². The largest absolute Gasteiger partial charge is 0.507 e. The molecule has 2 heterocycles. The second kappa shape index (κ2) is 8.46. The van der Waals surface area contributed by atoms with Crippen molar-refractivity contribution < 1.29 is 19.5 Å². The van der Waals surface area contributed by atoms with E-state index < -0.39 is 10.8 Å². The Balaban J connectivity index is 1.68. The fourth-order valence-electron chi connectivity index (χ4n) is 2.91. The number of aromatic nitrogens is 5. The first-order valence-electron chi connectivity index (χ1n) is 9.19. The summed E-state index contributed by atoms with van der Waals surface area (Å²) in [5.41, 5.74) is 11.5. The maximum atomic E-state index is 12.9. The number of rotatable bonds is 7. The van der Waals surface area contributed by atoms with Crippen molar-refractivity contribution in [1.29, 1.82) is 0 Å². The van der Waals surface area contributed by atoms with E-state index >= 15 is 0 Å². The van der Waals surface area contributed by atoms with E-state index in [9.17, 15) is 20.0 Å². The summed E-state index contributed by atoms with van der Waals surface area (Å²) in [5.74, 6) is -0.889. The van der Waals surface area contributed by atoms with Crippen LogP contribution in [0.4, 0.5) is 11.5 Å². The molecule has 2 aromatic carbocycles. The molecule has 5 N–H and O–H groups in total. The molecule has 14 heteroatoms. The normalized spacial score (nSPS) is 10.5. The van der Waals surface area contributed by atoms with E-state index in [4.69, 9.17) is 5.73 Å². The molecule has 0 unspecified atom stereocenters. The van der Waals surface area contributed by atoms with Crippen molar-refractivity contribution in [3.8, 4) is 22.8 Å². The highest BCUT2D eigenvalue weighted by molar-refractivity contribution is 5.98. The lowest BCUT2D eigenvalue weighted by Crippen LogP contribution is -2.36. The molecule has 0 radical (unpaired) electrons. The molecular formula is C19H15N9O5. The predicted molar refractivity (Wildman–Crippen MR) is 113 cm³/mol. The summed E-state index contributed by atoms with van der Waals surface area (Å²) < 4.78 is 5.72. The van der Waals surface area contributed by atoms with Crippen LogP contribution in [-0.2, 0) is 0 Å². The second-order valence-corrected chi connectivity index (χ2v) is 6.55. The van der Waals surface area contributed by atoms with Gasteiger partial charge in [0, 0.05) is 23.3 Å². The zero-order valence-electron chi connectivity index (χ0n) is 16.7. The average molecular weight is 449 g/mol. The third-order valence-electron chi connectivity index (χ3n) is 4.49. The molecule has 0 spiro atoms. The highest BCUT2D eigenvalue weighted by atomic mass is 16.6. The number of aromatic hydroxyl groups is 1. The van der Waals surface area contributed by atoms with Gasteiger partial charge in [0.15, 0.2) is 5.69 Å². The van der Waals surface area contributed by atoms with Crippen LogP contribution in [0.15, 0.2) is 59.7 Å². The molecular weight excluding hydrogens is 434 g/mol. The Hall–Kier alpha value is -5.27. The number of nitro groups is 1. The summed E-state index contributed by atoms with van der Waals surface area (Å²) in [6, 6.07) is 11.8. The van der Waals surface area contributed by atoms with Gasteiger partial charge < -0.3 is 10.8 Å². The van der Waals surface area contributed by atoms with Crippen LogP contribution in [0.25, 0.3) is 22.8 Å². The summed E-state index contributed by atoms with van der Waals surface area (Å²) in [4.78, 5) is 23.3. The van der Waals surface area contributed by atoms with Crippen LogP contribution < -0.4 is 16.6 Å². The van der Waals surface area contributed by atoms with E-state index in [0.29, 0.717) is 11.1 Å². The van der Waals surface area contributed by atoms with Crippen LogP contribution in [-0.4, -0.2) is 41.2 Å². The SMILES string of the molecule is C=C(NNC(=O)c1nnn(-c2nonc2N)c1-c1ccc([N+](=O)[O-])cc1)c1ccccc1O. The van der Waals surface area contributed by atoms with Gasteiger partial charge >= 0.3 is 0 Å². The van der Waals surface area contributed by atoms with Gasteiger partial charge in [0.1, 0.15) is 11.4 Å². The van der Waals surface area contributed by atoms with Crippen LogP contribution in [0, 0.1) is 10.1 Å². The van der Waals surface area contributed by atoms with Crippen LogP contribution >= 0.6 is 0 Å². The maximum Gasteiger partial charge on any atom is 0.292 e. The molecule has 4 aromatic rings. The van der Waals surface area contributed by atoms with Gasteiger partial charge in [-0.25, -0.2) is 4.63 Å². The molecule has 166 valence electrons. The summed E-state index contributed by atoms with van der Waals surface area (Å²) in [5, 5.41) is 35.9. The lowest BCUT2D eigenvalue weighted by Gasteiger charge is -2.12. The third kappa shape index (κ3) is 4.02. The van der Waals surface area contributed by atoms with Gasteiger partial charge in [-0.15, -0.1) is 5.10 Å². The van der Waals surface area contributed by atoms with Crippen LogP contribution in [0.3, 0.4) is 0 Å². The van der Waals surface area contributed by atoms with Gasteiger partial charge in [0.2, 0.25) is 11.6 Å². The number of nitrogens with one attached hydrogen (secondary N) is 2. The average Bonchev–Trinajstić information content (AvgIpc) is 3.43. The molecule has 0 atom stereocenters. The number of nitrogen functional groups attached to an aromatic ring is 1. The number of carbonyl (C=O) groups excluding carboxylic acids is 1. The van der Waals surface area contributed by atoms with E-state index in [2.05, 4.69) is 42.7 Å². The minimum absolute atomic E-state index is 0.0264. The van der Waals surface area contributed by atoms with Crippen molar-refractivity contribution in [3.63, 3.8) is 0 Å². The quantitative estimate of drug-likeness (QED) is 0.235. The van der Waals surface area contributed by atoms with Crippen molar-refractivity contribution in [2.45, 2.75) is 0 Å². The molecule has 14 nitrogen and oxygen atoms in total. The molecule has 0 fully saturated rings. The van der Waals surface area contributed by atoms with E-state index in [1.165, 1.54) is 30.3 Å². The minimum Gasteiger partial charge on any atom is -0.507 e. The number of non-ortho nitro benzene ring substituents is 1. The molecule has 4 rings (SSSR count). The van der Waals surface area contributed by atoms with Crippen molar-refractivity contribution in [3.05, 3.63) is 76.5 Å². The second-order valence-electron chi connectivity index (χ2n) is 6.55. The Morgan fingerprint density at radius 1 is 1.15 bits per heavy atom. The lowest BCUT2D eigenvalue weighted by molar-refractivity contribution is -0.384. The number of carbonyl (C=O) groups is 1. The summed E-state index contributed by atoms with van der Waals surface area (Å²) in [7, 11) is 0. The standard InChI is InChI=1S/C19H15N9O5/c1-10(13-4-2-3-5-14(13)29)21-23-19(30)15-16(11-6-8-12(9-7-11)28(31)32)27(26-22-15)18-17(20)24-33-25-18/h2-9,21,29H,1H2,(H2,20,24)(H,23,30). The zero-order valence-corrected chi connectivity index (χ0v) is 16.7. The lowest BCUT2D eigenvalue weighted by atomic mass is 10.1. The number of nitro benzene ring substituents is 1. The summed E-state index contributed by atoms with van der Waals surface area (Å²) >= 11 is 0. The molecule has 0 bridgehead atoms. The number of hydrazine groups is 1. The maximum absolute atomic E-state index is 12.9. The Morgan fingerprint density at radius 3 is 2.52 bits per heavy atom. The molecule has 2 aromatic heterocycles. The number of para-hydroxylation sites is 1. The van der Waals surface area contributed by atoms with Crippen molar-refractivity contribution in [2.24, 2.45) is 0 Å².